The number of nitrogens with zero attached hydrogens (tertiary/aromatic N) is 4. The molecule has 3 aromatic carbocycles. The van der Waals surface area contributed by atoms with Crippen LogP contribution in [-0.4, -0.2) is 73.2 Å². The van der Waals surface area contributed by atoms with Gasteiger partial charge >= 0.3 is 6.18 Å². The van der Waals surface area contributed by atoms with Crippen molar-refractivity contribution in [2.45, 2.75) is 42.5 Å². The second kappa shape index (κ2) is 14.0. The molecule has 8 nitrogen and oxygen atoms in total. The van der Waals surface area contributed by atoms with Gasteiger partial charge in [-0.25, -0.2) is 26.6 Å². The van der Waals surface area contributed by atoms with Gasteiger partial charge in [-0.3, -0.25) is 9.69 Å². The number of sulfonamides is 1. The zero-order valence-electron chi connectivity index (χ0n) is 26.6. The molecule has 264 valence electrons. The number of carbonyl (C=O) groups excluding carboxylic acids is 1. The normalized spacial score (nSPS) is 18.7. The second-order valence-electron chi connectivity index (χ2n) is 12.3. The van der Waals surface area contributed by atoms with Gasteiger partial charge in [-0.15, -0.1) is 0 Å². The number of hydrogen-bond acceptors (Lipinski definition) is 6. The lowest BCUT2D eigenvalue weighted by atomic mass is 10.1. The Balaban J connectivity index is 1.23. The summed E-state index contributed by atoms with van der Waals surface area (Å²) in [6.07, 6.45) is -5.58. The van der Waals surface area contributed by atoms with Crippen molar-refractivity contribution in [2.75, 3.05) is 37.6 Å². The van der Waals surface area contributed by atoms with Gasteiger partial charge in [-0.05, 0) is 59.7 Å². The molecular formula is C35H33F6N5O3S. The number of amides is 1. The number of halogens is 6. The Morgan fingerprint density at radius 2 is 1.54 bits per heavy atom. The largest absolute Gasteiger partial charge is 0.416 e. The third kappa shape index (κ3) is 8.11. The van der Waals surface area contributed by atoms with Crippen LogP contribution in [-0.2, 0) is 34.1 Å². The summed E-state index contributed by atoms with van der Waals surface area (Å²) in [6, 6.07) is 19.7. The number of aromatic nitrogens is 1. The minimum Gasteiger partial charge on any atom is -0.354 e. The van der Waals surface area contributed by atoms with E-state index in [1.165, 1.54) is 17.7 Å². The molecule has 1 aromatic heterocycles. The highest BCUT2D eigenvalue weighted by molar-refractivity contribution is 7.89. The lowest BCUT2D eigenvalue weighted by Crippen LogP contribution is -2.46. The number of rotatable bonds is 9. The van der Waals surface area contributed by atoms with Crippen molar-refractivity contribution in [1.82, 2.24) is 19.5 Å². The molecular weight excluding hydrogens is 684 g/mol. The van der Waals surface area contributed by atoms with Crippen LogP contribution < -0.4 is 10.2 Å². The van der Waals surface area contributed by atoms with Gasteiger partial charge in [0.2, 0.25) is 15.9 Å². The maximum atomic E-state index is 14.6. The number of piperazine rings is 1. The summed E-state index contributed by atoms with van der Waals surface area (Å²) < 4.78 is 109. The van der Waals surface area contributed by atoms with E-state index in [2.05, 4.69) is 10.2 Å². The molecule has 1 atom stereocenters. The molecule has 1 amide bonds. The highest BCUT2D eigenvalue weighted by atomic mass is 32.2. The SMILES string of the molecule is O=C(NCc1cc(-c2ccc(C(F)(F)F)cc2)nc(N2CCN(Cc3ccccc3)CC2)c1)C1CC(F)(F)CN1S(=O)(=O)c1ccc(F)cc1. The fraction of sp³-hybridized carbons (Fsp3) is 0.314. The molecule has 1 N–H and O–H groups in total. The summed E-state index contributed by atoms with van der Waals surface area (Å²) >= 11 is 0. The third-order valence-corrected chi connectivity index (χ3v) is 10.6. The summed E-state index contributed by atoms with van der Waals surface area (Å²) in [5.74, 6) is -4.65. The first-order valence-corrected chi connectivity index (χ1v) is 17.2. The van der Waals surface area contributed by atoms with E-state index in [4.69, 9.17) is 4.98 Å². The van der Waals surface area contributed by atoms with E-state index in [0.29, 0.717) is 53.1 Å². The molecule has 0 bridgehead atoms. The standard InChI is InChI=1S/C35H33F6N5O3S/c36-28-10-12-29(13-11-28)50(48,49)46-23-34(37,38)20-31(46)33(47)42-21-25-18-30(26-6-8-27(9-7-26)35(39,40)41)43-32(19-25)45-16-14-44(15-17-45)22-24-4-2-1-3-5-24/h1-13,18-19,31H,14-17,20-23H2,(H,42,47). The van der Waals surface area contributed by atoms with Crippen LogP contribution in [0.5, 0.6) is 0 Å². The summed E-state index contributed by atoms with van der Waals surface area (Å²) in [7, 11) is -4.58. The highest BCUT2D eigenvalue weighted by Gasteiger charge is 2.53. The molecule has 2 aliphatic rings. The van der Waals surface area contributed by atoms with Crippen LogP contribution in [0.4, 0.5) is 32.2 Å². The fourth-order valence-corrected chi connectivity index (χ4v) is 7.72. The first-order chi connectivity index (χ1) is 23.7. The van der Waals surface area contributed by atoms with Gasteiger partial charge in [0.15, 0.2) is 0 Å². The van der Waals surface area contributed by atoms with Crippen LogP contribution in [0.2, 0.25) is 0 Å². The molecule has 6 rings (SSSR count). The molecule has 15 heteroatoms. The summed E-state index contributed by atoms with van der Waals surface area (Å²) in [6.45, 7) is 1.94. The summed E-state index contributed by atoms with van der Waals surface area (Å²) in [5.41, 5.74) is 1.54. The van der Waals surface area contributed by atoms with Gasteiger partial charge in [-0.1, -0.05) is 42.5 Å². The van der Waals surface area contributed by atoms with Gasteiger partial charge in [0.1, 0.15) is 17.7 Å². The van der Waals surface area contributed by atoms with Crippen molar-refractivity contribution in [1.29, 1.82) is 0 Å². The fourth-order valence-electron chi connectivity index (χ4n) is 6.10. The lowest BCUT2D eigenvalue weighted by molar-refractivity contribution is -0.137. The van der Waals surface area contributed by atoms with Gasteiger partial charge in [0.25, 0.3) is 5.92 Å². The van der Waals surface area contributed by atoms with E-state index >= 15 is 0 Å². The Bertz CT molecular complexity index is 1920. The zero-order valence-corrected chi connectivity index (χ0v) is 27.4. The minimum absolute atomic E-state index is 0.206. The van der Waals surface area contributed by atoms with E-state index < -0.39 is 63.3 Å². The Labute approximate surface area is 285 Å². The van der Waals surface area contributed by atoms with E-state index in [-0.39, 0.29) is 6.54 Å². The molecule has 2 fully saturated rings. The molecule has 0 spiro atoms. The van der Waals surface area contributed by atoms with Gasteiger partial charge in [-0.2, -0.15) is 17.5 Å². The molecule has 0 saturated carbocycles. The Morgan fingerprint density at radius 3 is 2.18 bits per heavy atom. The van der Waals surface area contributed by atoms with Crippen LogP contribution in [0.3, 0.4) is 0 Å². The third-order valence-electron chi connectivity index (χ3n) is 8.74. The number of alkyl halides is 5. The summed E-state index contributed by atoms with van der Waals surface area (Å²) in [5, 5.41) is 2.57. The van der Waals surface area contributed by atoms with Crippen LogP contribution in [0.1, 0.15) is 23.1 Å². The first-order valence-electron chi connectivity index (χ1n) is 15.8. The van der Waals surface area contributed by atoms with Crippen LogP contribution in [0.25, 0.3) is 11.3 Å². The minimum atomic E-state index is -4.58. The van der Waals surface area contributed by atoms with Gasteiger partial charge in [0.05, 0.1) is 22.7 Å². The van der Waals surface area contributed by atoms with Crippen molar-refractivity contribution in [3.63, 3.8) is 0 Å². The maximum Gasteiger partial charge on any atom is 0.416 e. The van der Waals surface area contributed by atoms with Crippen LogP contribution in [0.15, 0.2) is 95.9 Å². The smallest absolute Gasteiger partial charge is 0.354 e. The predicted molar refractivity (Wildman–Crippen MR) is 174 cm³/mol. The topological polar surface area (TPSA) is 85.8 Å². The quantitative estimate of drug-likeness (QED) is 0.216. The van der Waals surface area contributed by atoms with Crippen LogP contribution in [0, 0.1) is 5.82 Å². The Hall–Kier alpha value is -4.47. The van der Waals surface area contributed by atoms with E-state index in [9.17, 15) is 39.6 Å². The average molecular weight is 718 g/mol. The zero-order chi connectivity index (χ0) is 35.7. The molecule has 1 unspecified atom stereocenters. The number of anilines is 1. The number of hydrogen-bond donors (Lipinski definition) is 1. The molecule has 3 heterocycles. The number of nitrogens with one attached hydrogen (secondary N) is 1. The molecule has 2 saturated heterocycles. The highest BCUT2D eigenvalue weighted by Crippen LogP contribution is 2.36. The molecule has 4 aromatic rings. The first kappa shape index (κ1) is 35.4. The van der Waals surface area contributed by atoms with Crippen LogP contribution >= 0.6 is 0 Å². The summed E-state index contributed by atoms with van der Waals surface area (Å²) in [4.78, 5) is 22.0. The molecule has 50 heavy (non-hydrogen) atoms. The van der Waals surface area contributed by atoms with Crippen molar-refractivity contribution < 1.29 is 39.6 Å². The van der Waals surface area contributed by atoms with Crippen molar-refractivity contribution >= 4 is 21.7 Å². The van der Waals surface area contributed by atoms with E-state index in [1.807, 2.05) is 35.2 Å². The van der Waals surface area contributed by atoms with Gasteiger partial charge < -0.3 is 10.2 Å². The number of pyridine rings is 1. The average Bonchev–Trinajstić information content (AvgIpc) is 3.44. The maximum absolute atomic E-state index is 14.6. The Morgan fingerprint density at radius 1 is 0.880 bits per heavy atom. The Kier molecular flexibility index (Phi) is 9.93. The van der Waals surface area contributed by atoms with Gasteiger partial charge in [0, 0.05) is 51.3 Å². The van der Waals surface area contributed by atoms with Crippen molar-refractivity contribution in [3.8, 4) is 11.3 Å². The van der Waals surface area contributed by atoms with E-state index in [1.54, 1.807) is 12.1 Å². The molecule has 0 aliphatic carbocycles. The molecule has 0 radical (unpaired) electrons. The monoisotopic (exact) mass is 717 g/mol. The molecule has 2 aliphatic heterocycles. The van der Waals surface area contributed by atoms with E-state index in [0.717, 1.165) is 42.9 Å². The van der Waals surface area contributed by atoms with Crippen molar-refractivity contribution in [3.05, 3.63) is 114 Å². The second-order valence-corrected chi connectivity index (χ2v) is 14.2. The lowest BCUT2D eigenvalue weighted by Gasteiger charge is -2.35. The predicted octanol–water partition coefficient (Wildman–Crippen LogP) is 5.94. The number of carbonyl (C=O) groups is 1. The van der Waals surface area contributed by atoms with Crippen molar-refractivity contribution in [2.24, 2.45) is 0 Å². The number of benzene rings is 3.